The van der Waals surface area contributed by atoms with Gasteiger partial charge in [-0.1, -0.05) is 0 Å². The van der Waals surface area contributed by atoms with E-state index in [-0.39, 0.29) is 18.7 Å². The highest BCUT2D eigenvalue weighted by molar-refractivity contribution is 6.01. The molecule has 7 heteroatoms. The summed E-state index contributed by atoms with van der Waals surface area (Å²) in [6.45, 7) is 4.11. The second-order valence-electron chi connectivity index (χ2n) is 6.17. The maximum atomic E-state index is 12.6. The van der Waals surface area contributed by atoms with Gasteiger partial charge in [-0.25, -0.2) is 0 Å². The van der Waals surface area contributed by atoms with Crippen molar-refractivity contribution in [3.8, 4) is 0 Å². The van der Waals surface area contributed by atoms with Gasteiger partial charge in [-0.3, -0.25) is 9.59 Å². The lowest BCUT2D eigenvalue weighted by Crippen LogP contribution is -2.44. The fourth-order valence-corrected chi connectivity index (χ4v) is 3.38. The summed E-state index contributed by atoms with van der Waals surface area (Å²) in [4.78, 5) is 38.7. The first kappa shape index (κ1) is 16.4. The number of anilines is 1. The second kappa shape index (κ2) is 7.00. The Morgan fingerprint density at radius 1 is 1.33 bits per heavy atom. The van der Waals surface area contributed by atoms with E-state index in [4.69, 9.17) is 5.73 Å². The summed E-state index contributed by atoms with van der Waals surface area (Å²) < 4.78 is 0. The molecule has 7 nitrogen and oxygen atoms in total. The van der Waals surface area contributed by atoms with Crippen LogP contribution in [-0.2, 0) is 16.1 Å². The zero-order chi connectivity index (χ0) is 17.1. The zero-order valence-electron chi connectivity index (χ0n) is 13.5. The Morgan fingerprint density at radius 3 is 2.75 bits per heavy atom. The molecule has 2 amide bonds. The van der Waals surface area contributed by atoms with Gasteiger partial charge in [0.05, 0.1) is 0 Å². The lowest BCUT2D eigenvalue weighted by atomic mass is 10.1. The molecule has 1 saturated heterocycles. The number of aldehydes is 1. The molecule has 0 bridgehead atoms. The molecular formula is C17H22N4O3. The topological polar surface area (TPSA) is 95.7 Å². The second-order valence-corrected chi connectivity index (χ2v) is 6.17. The van der Waals surface area contributed by atoms with Gasteiger partial charge < -0.3 is 25.6 Å². The normalized spacial score (nSPS) is 18.4. The summed E-state index contributed by atoms with van der Waals surface area (Å²) >= 11 is 0. The number of hydrogen-bond donors (Lipinski definition) is 2. The summed E-state index contributed by atoms with van der Waals surface area (Å²) in [7, 11) is 0. The Labute approximate surface area is 140 Å². The fraction of sp³-hybridized carbons (Fsp3) is 0.471. The fourth-order valence-electron chi connectivity index (χ4n) is 3.38. The van der Waals surface area contributed by atoms with Crippen molar-refractivity contribution in [3.63, 3.8) is 0 Å². The molecule has 1 atom stereocenters. The van der Waals surface area contributed by atoms with Gasteiger partial charge in [-0.05, 0) is 30.2 Å². The van der Waals surface area contributed by atoms with E-state index >= 15 is 0 Å². The predicted molar refractivity (Wildman–Crippen MR) is 89.7 cm³/mol. The van der Waals surface area contributed by atoms with Crippen LogP contribution in [0.25, 0.3) is 0 Å². The lowest BCUT2D eigenvalue weighted by Gasteiger charge is -2.29. The maximum Gasteiger partial charge on any atom is 0.255 e. The number of benzene rings is 1. The van der Waals surface area contributed by atoms with Crippen LogP contribution >= 0.6 is 0 Å². The number of fused-ring (bicyclic) bond motifs is 1. The van der Waals surface area contributed by atoms with Crippen LogP contribution < -0.4 is 16.0 Å². The molecule has 0 aromatic heterocycles. The van der Waals surface area contributed by atoms with Crippen molar-refractivity contribution in [2.75, 3.05) is 31.1 Å². The lowest BCUT2D eigenvalue weighted by molar-refractivity contribution is -0.122. The van der Waals surface area contributed by atoms with Crippen molar-refractivity contribution in [1.29, 1.82) is 0 Å². The van der Waals surface area contributed by atoms with Gasteiger partial charge >= 0.3 is 0 Å². The van der Waals surface area contributed by atoms with Crippen molar-refractivity contribution in [1.82, 2.24) is 10.2 Å². The van der Waals surface area contributed by atoms with Crippen LogP contribution in [0.5, 0.6) is 0 Å². The maximum absolute atomic E-state index is 12.6. The Bertz CT molecular complexity index is 655. The summed E-state index contributed by atoms with van der Waals surface area (Å²) in [5, 5.41) is 3.31. The average Bonchev–Trinajstić information content (AvgIpc) is 2.92. The van der Waals surface area contributed by atoms with Gasteiger partial charge in [0, 0.05) is 50.4 Å². The third-order valence-electron chi connectivity index (χ3n) is 4.67. The molecule has 0 unspecified atom stereocenters. The van der Waals surface area contributed by atoms with Gasteiger partial charge in [0.15, 0.2) is 0 Å². The van der Waals surface area contributed by atoms with E-state index in [1.807, 2.05) is 18.2 Å². The molecule has 1 aromatic rings. The van der Waals surface area contributed by atoms with E-state index in [1.165, 1.54) is 4.90 Å². The Kier molecular flexibility index (Phi) is 4.80. The third-order valence-corrected chi connectivity index (χ3v) is 4.67. The van der Waals surface area contributed by atoms with Crippen LogP contribution in [-0.4, -0.2) is 55.2 Å². The SMILES string of the molecule is NC(=O)[C@@H](CCC=O)N1Cc2cc(N3CCNCC3)ccc2C1=O. The van der Waals surface area contributed by atoms with E-state index < -0.39 is 11.9 Å². The molecule has 128 valence electrons. The van der Waals surface area contributed by atoms with Crippen LogP contribution in [0.15, 0.2) is 18.2 Å². The molecule has 24 heavy (non-hydrogen) atoms. The van der Waals surface area contributed by atoms with E-state index in [0.717, 1.165) is 43.7 Å². The molecule has 2 heterocycles. The first-order valence-corrected chi connectivity index (χ1v) is 8.24. The number of nitrogens with one attached hydrogen (secondary N) is 1. The highest BCUT2D eigenvalue weighted by Crippen LogP contribution is 2.29. The van der Waals surface area contributed by atoms with E-state index in [9.17, 15) is 14.4 Å². The molecule has 0 saturated carbocycles. The molecule has 3 rings (SSSR count). The summed E-state index contributed by atoms with van der Waals surface area (Å²) in [6, 6.07) is 5.07. The van der Waals surface area contributed by atoms with Gasteiger partial charge in [0.2, 0.25) is 5.91 Å². The molecular weight excluding hydrogens is 308 g/mol. The summed E-state index contributed by atoms with van der Waals surface area (Å²) in [5.74, 6) is -0.758. The van der Waals surface area contributed by atoms with Gasteiger partial charge in [-0.15, -0.1) is 0 Å². The first-order valence-electron chi connectivity index (χ1n) is 8.24. The number of carbonyl (C=O) groups is 3. The third kappa shape index (κ3) is 3.12. The molecule has 0 spiro atoms. The van der Waals surface area contributed by atoms with E-state index in [0.29, 0.717) is 12.1 Å². The number of nitrogens with zero attached hydrogens (tertiary/aromatic N) is 2. The predicted octanol–water partition coefficient (Wildman–Crippen LogP) is -0.115. The highest BCUT2D eigenvalue weighted by Gasteiger charge is 2.35. The standard InChI is InChI=1S/C17H22N4O3/c18-16(23)15(2-1-9-22)21-11-12-10-13(3-4-14(12)17(21)24)20-7-5-19-6-8-20/h3-4,9-10,15,19H,1-2,5-8,11H2,(H2,18,23)/t15-/m1/s1. The number of piperazine rings is 1. The summed E-state index contributed by atoms with van der Waals surface area (Å²) in [5.41, 5.74) is 8.06. The largest absolute Gasteiger partial charge is 0.369 e. The molecule has 0 aliphatic carbocycles. The van der Waals surface area contributed by atoms with Crippen molar-refractivity contribution in [2.45, 2.75) is 25.4 Å². The van der Waals surface area contributed by atoms with Crippen molar-refractivity contribution in [3.05, 3.63) is 29.3 Å². The Balaban J connectivity index is 1.81. The van der Waals surface area contributed by atoms with Crippen LogP contribution in [0.2, 0.25) is 0 Å². The first-order chi connectivity index (χ1) is 11.6. The average molecular weight is 330 g/mol. The molecule has 3 N–H and O–H groups in total. The van der Waals surface area contributed by atoms with Gasteiger partial charge in [0.25, 0.3) is 5.91 Å². The van der Waals surface area contributed by atoms with Crippen LogP contribution in [0.4, 0.5) is 5.69 Å². The van der Waals surface area contributed by atoms with Crippen molar-refractivity contribution < 1.29 is 14.4 Å². The quantitative estimate of drug-likeness (QED) is 0.709. The number of rotatable bonds is 6. The number of hydrogen-bond acceptors (Lipinski definition) is 5. The highest BCUT2D eigenvalue weighted by atomic mass is 16.2. The van der Waals surface area contributed by atoms with Crippen molar-refractivity contribution in [2.24, 2.45) is 5.73 Å². The minimum atomic E-state index is -0.738. The van der Waals surface area contributed by atoms with Gasteiger partial charge in [0.1, 0.15) is 12.3 Å². The monoisotopic (exact) mass is 330 g/mol. The Hall–Kier alpha value is -2.41. The number of amides is 2. The molecule has 2 aliphatic rings. The van der Waals surface area contributed by atoms with Crippen LogP contribution in [0, 0.1) is 0 Å². The molecule has 2 aliphatic heterocycles. The summed E-state index contributed by atoms with van der Waals surface area (Å²) in [6.07, 6.45) is 1.22. The van der Waals surface area contributed by atoms with Gasteiger partial charge in [-0.2, -0.15) is 0 Å². The molecule has 1 aromatic carbocycles. The number of primary amides is 1. The number of nitrogens with two attached hydrogens (primary N) is 1. The molecule has 0 radical (unpaired) electrons. The van der Waals surface area contributed by atoms with Crippen molar-refractivity contribution >= 4 is 23.8 Å². The smallest absolute Gasteiger partial charge is 0.255 e. The number of carbonyl (C=O) groups excluding carboxylic acids is 3. The van der Waals surface area contributed by atoms with E-state index in [2.05, 4.69) is 10.2 Å². The minimum absolute atomic E-state index is 0.188. The molecule has 1 fully saturated rings. The van der Waals surface area contributed by atoms with Crippen LogP contribution in [0.3, 0.4) is 0 Å². The zero-order valence-corrected chi connectivity index (χ0v) is 13.5. The van der Waals surface area contributed by atoms with Crippen LogP contribution in [0.1, 0.15) is 28.8 Å². The minimum Gasteiger partial charge on any atom is -0.369 e. The van der Waals surface area contributed by atoms with E-state index in [1.54, 1.807) is 0 Å². The Morgan fingerprint density at radius 2 is 2.08 bits per heavy atom.